The van der Waals surface area contributed by atoms with Crippen molar-refractivity contribution < 1.29 is 19.1 Å². The van der Waals surface area contributed by atoms with Crippen molar-refractivity contribution in [2.75, 3.05) is 6.61 Å². The standard InChI is InChI=1S/C13H27N3O4/c1-11(2,3)13(12(4,5)6,20-10(16)18)8(14)7-19-9(15)17/h8H,7,14H2,1-6H3,(H2,15,17)(H2,16,18). The molecule has 118 valence electrons. The molecule has 0 spiro atoms. The predicted molar refractivity (Wildman–Crippen MR) is 75.8 cm³/mol. The maximum atomic E-state index is 11.4. The topological polar surface area (TPSA) is 131 Å². The molecule has 0 fully saturated rings. The molecule has 0 aliphatic carbocycles. The molecule has 2 amide bonds. The summed E-state index contributed by atoms with van der Waals surface area (Å²) in [7, 11) is 0. The zero-order chi connectivity index (χ0) is 16.4. The van der Waals surface area contributed by atoms with E-state index in [1.165, 1.54) is 0 Å². The second-order valence-corrected chi connectivity index (χ2v) is 6.89. The van der Waals surface area contributed by atoms with Gasteiger partial charge in [0, 0.05) is 10.8 Å². The number of hydrogen-bond acceptors (Lipinski definition) is 5. The van der Waals surface area contributed by atoms with Gasteiger partial charge in [0.25, 0.3) is 0 Å². The van der Waals surface area contributed by atoms with Gasteiger partial charge in [0.1, 0.15) is 12.2 Å². The van der Waals surface area contributed by atoms with E-state index in [1.807, 2.05) is 41.5 Å². The van der Waals surface area contributed by atoms with Crippen molar-refractivity contribution in [2.45, 2.75) is 53.2 Å². The van der Waals surface area contributed by atoms with Crippen LogP contribution in [0.1, 0.15) is 41.5 Å². The van der Waals surface area contributed by atoms with Crippen LogP contribution in [0.4, 0.5) is 9.59 Å². The highest BCUT2D eigenvalue weighted by atomic mass is 16.6. The molecule has 6 N–H and O–H groups in total. The van der Waals surface area contributed by atoms with Gasteiger partial charge in [-0.05, 0) is 0 Å². The summed E-state index contributed by atoms with van der Waals surface area (Å²) in [6.45, 7) is 11.1. The first-order valence-corrected chi connectivity index (χ1v) is 6.42. The van der Waals surface area contributed by atoms with Crippen molar-refractivity contribution in [3.63, 3.8) is 0 Å². The molecule has 1 unspecified atom stereocenters. The summed E-state index contributed by atoms with van der Waals surface area (Å²) in [5.74, 6) is 0. The molecule has 0 rings (SSSR count). The Bertz CT molecular complexity index is 355. The first-order chi connectivity index (χ1) is 8.75. The minimum atomic E-state index is -1.14. The Labute approximate surface area is 120 Å². The number of amides is 2. The fourth-order valence-electron chi connectivity index (χ4n) is 3.07. The second-order valence-electron chi connectivity index (χ2n) is 6.89. The van der Waals surface area contributed by atoms with Gasteiger partial charge in [0.15, 0.2) is 0 Å². The molecular formula is C13H27N3O4. The summed E-state index contributed by atoms with van der Waals surface area (Å²) in [6, 6.07) is -0.775. The van der Waals surface area contributed by atoms with Crippen molar-refractivity contribution in [3.8, 4) is 0 Å². The third-order valence-electron chi connectivity index (χ3n) is 3.42. The largest absolute Gasteiger partial charge is 0.448 e. The SMILES string of the molecule is CC(C)(C)C(OC(N)=O)(C(N)COC(N)=O)C(C)(C)C. The monoisotopic (exact) mass is 289 g/mol. The lowest BCUT2D eigenvalue weighted by Gasteiger charge is -2.54. The molecule has 0 aliphatic heterocycles. The van der Waals surface area contributed by atoms with Crippen molar-refractivity contribution in [1.29, 1.82) is 0 Å². The van der Waals surface area contributed by atoms with Crippen LogP contribution in [-0.2, 0) is 9.47 Å². The molecular weight excluding hydrogens is 262 g/mol. The van der Waals surface area contributed by atoms with Crippen LogP contribution in [0.5, 0.6) is 0 Å². The Morgan fingerprint density at radius 2 is 1.35 bits per heavy atom. The molecule has 0 aromatic rings. The van der Waals surface area contributed by atoms with Gasteiger partial charge in [-0.25, -0.2) is 9.59 Å². The Morgan fingerprint density at radius 3 is 1.60 bits per heavy atom. The highest BCUT2D eigenvalue weighted by molar-refractivity contribution is 5.66. The molecule has 0 aromatic heterocycles. The molecule has 7 nitrogen and oxygen atoms in total. The summed E-state index contributed by atoms with van der Waals surface area (Å²) in [6.07, 6.45) is -1.86. The third-order valence-corrected chi connectivity index (χ3v) is 3.42. The van der Waals surface area contributed by atoms with Crippen LogP contribution in [-0.4, -0.2) is 30.4 Å². The molecule has 0 aromatic carbocycles. The van der Waals surface area contributed by atoms with Crippen molar-refractivity contribution in [2.24, 2.45) is 28.0 Å². The summed E-state index contributed by atoms with van der Waals surface area (Å²) in [5, 5.41) is 0. The van der Waals surface area contributed by atoms with Gasteiger partial charge in [0.05, 0.1) is 6.04 Å². The van der Waals surface area contributed by atoms with Gasteiger partial charge in [0.2, 0.25) is 0 Å². The number of ether oxygens (including phenoxy) is 2. The smallest absolute Gasteiger partial charge is 0.405 e. The van der Waals surface area contributed by atoms with E-state index in [9.17, 15) is 9.59 Å². The molecule has 0 saturated heterocycles. The number of rotatable bonds is 4. The van der Waals surface area contributed by atoms with Crippen LogP contribution < -0.4 is 17.2 Å². The van der Waals surface area contributed by atoms with Crippen molar-refractivity contribution >= 4 is 12.2 Å². The van der Waals surface area contributed by atoms with E-state index in [0.29, 0.717) is 0 Å². The first-order valence-electron chi connectivity index (χ1n) is 6.42. The van der Waals surface area contributed by atoms with E-state index in [1.54, 1.807) is 0 Å². The number of carbonyl (C=O) groups is 2. The van der Waals surface area contributed by atoms with E-state index in [2.05, 4.69) is 0 Å². The van der Waals surface area contributed by atoms with Crippen LogP contribution in [0, 0.1) is 10.8 Å². The molecule has 0 aliphatic rings. The van der Waals surface area contributed by atoms with Gasteiger partial charge in [-0.1, -0.05) is 41.5 Å². The number of nitrogens with two attached hydrogens (primary N) is 3. The highest BCUT2D eigenvalue weighted by Crippen LogP contribution is 2.48. The molecule has 0 radical (unpaired) electrons. The summed E-state index contributed by atoms with van der Waals surface area (Å²) in [4.78, 5) is 22.1. The minimum Gasteiger partial charge on any atom is -0.448 e. The van der Waals surface area contributed by atoms with Crippen LogP contribution in [0.25, 0.3) is 0 Å². The van der Waals surface area contributed by atoms with Crippen LogP contribution in [0.3, 0.4) is 0 Å². The fourth-order valence-corrected chi connectivity index (χ4v) is 3.07. The second kappa shape index (κ2) is 5.87. The van der Waals surface area contributed by atoms with Crippen LogP contribution in [0.15, 0.2) is 0 Å². The molecule has 0 saturated carbocycles. The van der Waals surface area contributed by atoms with Gasteiger partial charge in [-0.3, -0.25) is 0 Å². The van der Waals surface area contributed by atoms with E-state index in [0.717, 1.165) is 0 Å². The van der Waals surface area contributed by atoms with Gasteiger partial charge >= 0.3 is 12.2 Å². The van der Waals surface area contributed by atoms with Gasteiger partial charge in [-0.2, -0.15) is 0 Å². The van der Waals surface area contributed by atoms with Crippen molar-refractivity contribution in [1.82, 2.24) is 0 Å². The molecule has 7 heteroatoms. The maximum absolute atomic E-state index is 11.4. The lowest BCUT2D eigenvalue weighted by Crippen LogP contribution is -2.68. The van der Waals surface area contributed by atoms with E-state index in [4.69, 9.17) is 26.7 Å². The Balaban J connectivity index is 5.74. The Hall–Kier alpha value is -1.50. The maximum Gasteiger partial charge on any atom is 0.405 e. The summed E-state index contributed by atoms with van der Waals surface area (Å²) >= 11 is 0. The number of carbonyl (C=O) groups excluding carboxylic acids is 2. The Morgan fingerprint density at radius 1 is 0.950 bits per heavy atom. The van der Waals surface area contributed by atoms with Crippen molar-refractivity contribution in [3.05, 3.63) is 0 Å². The number of primary amides is 2. The first kappa shape index (κ1) is 18.5. The fraction of sp³-hybridized carbons (Fsp3) is 0.846. The van der Waals surface area contributed by atoms with E-state index < -0.39 is 34.7 Å². The lowest BCUT2D eigenvalue weighted by atomic mass is 9.59. The minimum absolute atomic E-state index is 0.169. The molecule has 1 atom stereocenters. The number of hydrogen-bond donors (Lipinski definition) is 3. The highest BCUT2D eigenvalue weighted by Gasteiger charge is 2.58. The normalized spacial score (nSPS) is 14.6. The quantitative estimate of drug-likeness (QED) is 0.718. The Kier molecular flexibility index (Phi) is 5.43. The zero-order valence-corrected chi connectivity index (χ0v) is 13.1. The van der Waals surface area contributed by atoms with Gasteiger partial charge < -0.3 is 26.7 Å². The van der Waals surface area contributed by atoms with Crippen LogP contribution in [0.2, 0.25) is 0 Å². The van der Waals surface area contributed by atoms with Crippen LogP contribution >= 0.6 is 0 Å². The van der Waals surface area contributed by atoms with Gasteiger partial charge in [-0.15, -0.1) is 0 Å². The predicted octanol–water partition coefficient (Wildman–Crippen LogP) is 1.34. The third kappa shape index (κ3) is 3.75. The average molecular weight is 289 g/mol. The zero-order valence-electron chi connectivity index (χ0n) is 13.1. The molecule has 0 bridgehead atoms. The summed E-state index contributed by atoms with van der Waals surface area (Å²) in [5.41, 5.74) is 14.1. The summed E-state index contributed by atoms with van der Waals surface area (Å²) < 4.78 is 10.2. The average Bonchev–Trinajstić information content (AvgIpc) is 2.18. The molecule has 20 heavy (non-hydrogen) atoms. The van der Waals surface area contributed by atoms with E-state index >= 15 is 0 Å². The molecule has 0 heterocycles. The van der Waals surface area contributed by atoms with E-state index in [-0.39, 0.29) is 6.61 Å². The lowest BCUT2D eigenvalue weighted by molar-refractivity contribution is -0.159.